The van der Waals surface area contributed by atoms with E-state index < -0.39 is 5.76 Å². The van der Waals surface area contributed by atoms with Crippen LogP contribution in [0.25, 0.3) is 11.1 Å². The molecular weight excluding hydrogens is 346 g/mol. The van der Waals surface area contributed by atoms with E-state index in [9.17, 15) is 14.4 Å². The first-order valence-electron chi connectivity index (χ1n) is 8.90. The van der Waals surface area contributed by atoms with E-state index in [0.717, 1.165) is 12.8 Å². The second-order valence-electron chi connectivity index (χ2n) is 6.58. The summed E-state index contributed by atoms with van der Waals surface area (Å²) in [5.74, 6) is -0.961. The molecule has 0 radical (unpaired) electrons. The highest BCUT2D eigenvalue weighted by atomic mass is 16.4. The van der Waals surface area contributed by atoms with E-state index in [-0.39, 0.29) is 30.8 Å². The van der Waals surface area contributed by atoms with Crippen molar-refractivity contribution >= 4 is 28.6 Å². The van der Waals surface area contributed by atoms with Crippen molar-refractivity contribution < 1.29 is 14.0 Å². The molecule has 0 saturated heterocycles. The number of aromatic nitrogens is 1. The van der Waals surface area contributed by atoms with Gasteiger partial charge in [0.05, 0.1) is 16.8 Å². The van der Waals surface area contributed by atoms with Crippen molar-refractivity contribution in [2.75, 3.05) is 5.32 Å². The highest BCUT2D eigenvalue weighted by molar-refractivity contribution is 6.03. The summed E-state index contributed by atoms with van der Waals surface area (Å²) in [6.45, 7) is 0.193. The lowest BCUT2D eigenvalue weighted by atomic mass is 10.1. The Bertz CT molecular complexity index is 1060. The Morgan fingerprint density at radius 1 is 1.07 bits per heavy atom. The van der Waals surface area contributed by atoms with Crippen LogP contribution < -0.4 is 16.4 Å². The summed E-state index contributed by atoms with van der Waals surface area (Å²) in [6, 6.07) is 14.2. The van der Waals surface area contributed by atoms with Gasteiger partial charge in [-0.25, -0.2) is 4.79 Å². The van der Waals surface area contributed by atoms with Crippen LogP contribution in [0.15, 0.2) is 57.7 Å². The van der Waals surface area contributed by atoms with Crippen molar-refractivity contribution in [2.24, 2.45) is 0 Å². The molecule has 138 valence electrons. The number of carbonyl (C=O) groups is 2. The van der Waals surface area contributed by atoms with E-state index in [4.69, 9.17) is 4.42 Å². The minimum absolute atomic E-state index is 0.0853. The predicted molar refractivity (Wildman–Crippen MR) is 101 cm³/mol. The van der Waals surface area contributed by atoms with Gasteiger partial charge in [0.15, 0.2) is 5.58 Å². The lowest BCUT2D eigenvalue weighted by Gasteiger charge is -2.11. The standard InChI is InChI=1S/C20H19N3O4/c24-18(11-12-23-16-7-3-4-8-17(16)27-20(23)26)22-15-6-2-1-5-14(15)19(25)21-13-9-10-13/h1-8,13H,9-12H2,(H,21,25)(H,22,24). The normalized spacial score (nSPS) is 13.5. The topological polar surface area (TPSA) is 93.3 Å². The zero-order valence-electron chi connectivity index (χ0n) is 14.6. The predicted octanol–water partition coefficient (Wildman–Crippen LogP) is 2.52. The van der Waals surface area contributed by atoms with Gasteiger partial charge in [0.1, 0.15) is 0 Å². The molecule has 2 aromatic carbocycles. The van der Waals surface area contributed by atoms with Crippen LogP contribution in [0.5, 0.6) is 0 Å². The van der Waals surface area contributed by atoms with Gasteiger partial charge in [-0.2, -0.15) is 0 Å². The Hall–Kier alpha value is -3.35. The van der Waals surface area contributed by atoms with Gasteiger partial charge < -0.3 is 15.1 Å². The highest BCUT2D eigenvalue weighted by Crippen LogP contribution is 2.21. The summed E-state index contributed by atoms with van der Waals surface area (Å²) in [5.41, 5.74) is 2.04. The van der Waals surface area contributed by atoms with Crippen molar-refractivity contribution in [1.82, 2.24) is 9.88 Å². The first kappa shape index (κ1) is 17.1. The SMILES string of the molecule is O=C(CCn1c(=O)oc2ccccc21)Nc1ccccc1C(=O)NC1CC1. The molecule has 1 saturated carbocycles. The molecule has 7 heteroatoms. The third-order valence-corrected chi connectivity index (χ3v) is 4.49. The lowest BCUT2D eigenvalue weighted by Crippen LogP contribution is -2.27. The first-order chi connectivity index (χ1) is 13.1. The molecule has 4 rings (SSSR count). The molecule has 2 amide bonds. The van der Waals surface area contributed by atoms with E-state index in [1.807, 2.05) is 6.07 Å². The summed E-state index contributed by atoms with van der Waals surface area (Å²) < 4.78 is 6.60. The number of nitrogens with one attached hydrogen (secondary N) is 2. The molecule has 0 aliphatic heterocycles. The zero-order chi connectivity index (χ0) is 18.8. The maximum absolute atomic E-state index is 12.4. The van der Waals surface area contributed by atoms with Crippen LogP contribution >= 0.6 is 0 Å². The maximum Gasteiger partial charge on any atom is 0.419 e. The fourth-order valence-corrected chi connectivity index (χ4v) is 2.93. The number of hydrogen-bond acceptors (Lipinski definition) is 4. The largest absolute Gasteiger partial charge is 0.419 e. The Labute approximate surface area is 155 Å². The fourth-order valence-electron chi connectivity index (χ4n) is 2.93. The summed E-state index contributed by atoms with van der Waals surface area (Å²) in [6.07, 6.45) is 2.07. The number of anilines is 1. The second-order valence-corrected chi connectivity index (χ2v) is 6.58. The molecule has 27 heavy (non-hydrogen) atoms. The van der Waals surface area contributed by atoms with E-state index in [1.165, 1.54) is 4.57 Å². The zero-order valence-corrected chi connectivity index (χ0v) is 14.6. The number of amides is 2. The smallest absolute Gasteiger partial charge is 0.408 e. The number of nitrogens with zero attached hydrogens (tertiary/aromatic N) is 1. The molecule has 0 bridgehead atoms. The molecule has 1 heterocycles. The number of para-hydroxylation sites is 3. The van der Waals surface area contributed by atoms with Crippen molar-refractivity contribution in [3.8, 4) is 0 Å². The lowest BCUT2D eigenvalue weighted by molar-refractivity contribution is -0.116. The number of benzene rings is 2. The molecule has 3 aromatic rings. The van der Waals surface area contributed by atoms with Crippen LogP contribution in [0.4, 0.5) is 5.69 Å². The first-order valence-corrected chi connectivity index (χ1v) is 8.90. The van der Waals surface area contributed by atoms with E-state index in [0.29, 0.717) is 22.4 Å². The minimum atomic E-state index is -0.492. The van der Waals surface area contributed by atoms with E-state index >= 15 is 0 Å². The fraction of sp³-hybridized carbons (Fsp3) is 0.250. The second kappa shape index (κ2) is 7.11. The van der Waals surface area contributed by atoms with Crippen LogP contribution in [0.3, 0.4) is 0 Å². The van der Waals surface area contributed by atoms with Crippen molar-refractivity contribution in [1.29, 1.82) is 0 Å². The van der Waals surface area contributed by atoms with Crippen LogP contribution in [0.2, 0.25) is 0 Å². The molecule has 1 fully saturated rings. The van der Waals surface area contributed by atoms with Gasteiger partial charge in [0.2, 0.25) is 5.91 Å². The number of rotatable bonds is 6. The molecular formula is C20H19N3O4. The Balaban J connectivity index is 1.44. The Morgan fingerprint density at radius 3 is 2.63 bits per heavy atom. The molecule has 0 atom stereocenters. The average molecular weight is 365 g/mol. The summed E-state index contributed by atoms with van der Waals surface area (Å²) in [4.78, 5) is 36.7. The van der Waals surface area contributed by atoms with E-state index in [2.05, 4.69) is 10.6 Å². The van der Waals surface area contributed by atoms with Gasteiger partial charge in [0.25, 0.3) is 5.91 Å². The summed E-state index contributed by atoms with van der Waals surface area (Å²) in [5, 5.41) is 5.69. The van der Waals surface area contributed by atoms with Gasteiger partial charge in [-0.15, -0.1) is 0 Å². The third kappa shape index (κ3) is 3.76. The average Bonchev–Trinajstić information content (AvgIpc) is 3.41. The quantitative estimate of drug-likeness (QED) is 0.702. The number of carbonyl (C=O) groups excluding carboxylic acids is 2. The molecule has 1 aliphatic rings. The van der Waals surface area contributed by atoms with Crippen molar-refractivity contribution in [3.05, 3.63) is 64.6 Å². The Kier molecular flexibility index (Phi) is 4.50. The van der Waals surface area contributed by atoms with E-state index in [1.54, 1.807) is 42.5 Å². The molecule has 1 aromatic heterocycles. The Morgan fingerprint density at radius 2 is 1.81 bits per heavy atom. The number of hydrogen-bond donors (Lipinski definition) is 2. The molecule has 0 unspecified atom stereocenters. The number of oxazole rings is 1. The molecule has 7 nitrogen and oxygen atoms in total. The summed E-state index contributed by atoms with van der Waals surface area (Å²) >= 11 is 0. The number of fused-ring (bicyclic) bond motifs is 1. The molecule has 0 spiro atoms. The highest BCUT2D eigenvalue weighted by Gasteiger charge is 2.25. The van der Waals surface area contributed by atoms with Gasteiger partial charge in [-0.05, 0) is 37.1 Å². The molecule has 1 aliphatic carbocycles. The third-order valence-electron chi connectivity index (χ3n) is 4.49. The maximum atomic E-state index is 12.4. The monoisotopic (exact) mass is 365 g/mol. The van der Waals surface area contributed by atoms with Crippen molar-refractivity contribution in [2.45, 2.75) is 31.8 Å². The van der Waals surface area contributed by atoms with Crippen LogP contribution in [0.1, 0.15) is 29.6 Å². The van der Waals surface area contributed by atoms with Crippen LogP contribution in [0, 0.1) is 0 Å². The summed E-state index contributed by atoms with van der Waals surface area (Å²) in [7, 11) is 0. The van der Waals surface area contributed by atoms with Crippen LogP contribution in [-0.2, 0) is 11.3 Å². The van der Waals surface area contributed by atoms with Gasteiger partial charge in [-0.3, -0.25) is 14.2 Å². The minimum Gasteiger partial charge on any atom is -0.408 e. The van der Waals surface area contributed by atoms with Gasteiger partial charge in [-0.1, -0.05) is 24.3 Å². The van der Waals surface area contributed by atoms with Gasteiger partial charge in [0, 0.05) is 19.0 Å². The van der Waals surface area contributed by atoms with Crippen molar-refractivity contribution in [3.63, 3.8) is 0 Å². The van der Waals surface area contributed by atoms with Gasteiger partial charge >= 0.3 is 5.76 Å². The van der Waals surface area contributed by atoms with Crippen LogP contribution in [-0.4, -0.2) is 22.4 Å². The molecule has 2 N–H and O–H groups in total. The number of aryl methyl sites for hydroxylation is 1.